The zero-order valence-corrected chi connectivity index (χ0v) is 38.4. The molecule has 1 fully saturated rings. The second-order valence-electron chi connectivity index (χ2n) is 14.8. The molecule has 0 unspecified atom stereocenters. The standard InChI is InChI=1S/C41H55IN6O19/c42-25-6-4-5-24(23-25)37(59)43-18-3-1-2-7-29(41(63)64)47-40(62)28(10-15-35(56)57)46-39(61)27(9-14-34(54)55)45-38(60)26(8-13-33(52)53)44-30(49)16-19-65-21-22-66-20-17-36(58)67-48-31(50)11-12-32(48)51/h4-6,23,26-29H,1-3,7-22H2,(H,43,59)(H,44,49)(H,45,60)(H,46,61)(H,47,62)(H,52,53)(H,54,55)(H,56,57)(H,63,64)/t26-,27-,28-,29-/m1/s1. The third-order valence-corrected chi connectivity index (χ3v) is 10.2. The van der Waals surface area contributed by atoms with Crippen LogP contribution in [0, 0.1) is 3.57 Å². The van der Waals surface area contributed by atoms with Crippen molar-refractivity contribution in [3.05, 3.63) is 33.4 Å². The summed E-state index contributed by atoms with van der Waals surface area (Å²) in [5.41, 5.74) is 0.474. The Morgan fingerprint density at radius 1 is 0.597 bits per heavy atom. The number of rotatable bonds is 34. The van der Waals surface area contributed by atoms with Crippen molar-refractivity contribution in [3.63, 3.8) is 0 Å². The minimum Gasteiger partial charge on any atom is -0.481 e. The maximum absolute atomic E-state index is 13.6. The molecule has 4 atom stereocenters. The SMILES string of the molecule is O=C(O)CC[C@@H](NC(=O)CCOCCOCCC(=O)ON1C(=O)CCC1=O)C(=O)N[C@H](CCC(=O)O)C(=O)N[C@H](CCC(=O)O)C(=O)N[C@H](CCCCCNC(=O)c1cccc(I)c1)C(=O)O. The number of benzene rings is 1. The lowest BCUT2D eigenvalue weighted by molar-refractivity contribution is -0.198. The fraction of sp³-hybridized carbons (Fsp3) is 0.561. The van der Waals surface area contributed by atoms with Crippen LogP contribution in [-0.2, 0) is 67.1 Å². The summed E-state index contributed by atoms with van der Waals surface area (Å²) in [6.07, 6.45) is -3.28. The lowest BCUT2D eigenvalue weighted by Gasteiger charge is -2.26. The second-order valence-corrected chi connectivity index (χ2v) is 16.1. The number of carbonyl (C=O) groups excluding carboxylic acids is 8. The first-order chi connectivity index (χ1) is 31.8. The number of carboxylic acid groups (broad SMARTS) is 4. The molecule has 2 rings (SSSR count). The molecule has 26 heteroatoms. The Labute approximate surface area is 396 Å². The fourth-order valence-corrected chi connectivity index (χ4v) is 6.53. The van der Waals surface area contributed by atoms with E-state index >= 15 is 0 Å². The predicted molar refractivity (Wildman–Crippen MR) is 234 cm³/mol. The van der Waals surface area contributed by atoms with E-state index in [1.54, 1.807) is 18.2 Å². The molecule has 0 saturated carbocycles. The number of ether oxygens (including phenoxy) is 2. The summed E-state index contributed by atoms with van der Waals surface area (Å²) >= 11 is 2.08. The average molecular weight is 1060 g/mol. The van der Waals surface area contributed by atoms with Crippen molar-refractivity contribution in [2.45, 2.75) is 114 Å². The average Bonchev–Trinajstić information content (AvgIpc) is 3.58. The van der Waals surface area contributed by atoms with Gasteiger partial charge in [0.25, 0.3) is 17.7 Å². The number of nitrogens with zero attached hydrogens (tertiary/aromatic N) is 1. The lowest BCUT2D eigenvalue weighted by atomic mass is 10.0. The molecule has 1 aromatic rings. The van der Waals surface area contributed by atoms with Gasteiger partial charge < -0.3 is 61.3 Å². The molecule has 0 aromatic heterocycles. The Balaban J connectivity index is 1.96. The first-order valence-corrected chi connectivity index (χ1v) is 22.2. The number of hydroxylamine groups is 2. The van der Waals surface area contributed by atoms with Gasteiger partial charge in [0.05, 0.1) is 32.8 Å². The van der Waals surface area contributed by atoms with E-state index in [-0.39, 0.29) is 70.9 Å². The van der Waals surface area contributed by atoms with Gasteiger partial charge in [-0.15, -0.1) is 5.06 Å². The zero-order valence-electron chi connectivity index (χ0n) is 36.3. The Morgan fingerprint density at radius 3 is 1.58 bits per heavy atom. The van der Waals surface area contributed by atoms with Gasteiger partial charge in [0.2, 0.25) is 23.6 Å². The van der Waals surface area contributed by atoms with E-state index in [2.05, 4.69) is 49.2 Å². The van der Waals surface area contributed by atoms with Crippen molar-refractivity contribution in [1.29, 1.82) is 0 Å². The zero-order chi connectivity index (χ0) is 49.9. The highest BCUT2D eigenvalue weighted by molar-refractivity contribution is 14.1. The third-order valence-electron chi connectivity index (χ3n) is 9.51. The van der Waals surface area contributed by atoms with E-state index < -0.39 is 128 Å². The molecule has 370 valence electrons. The van der Waals surface area contributed by atoms with E-state index in [1.165, 1.54) is 0 Å². The molecule has 9 N–H and O–H groups in total. The van der Waals surface area contributed by atoms with Crippen LogP contribution in [0.1, 0.15) is 100 Å². The number of carboxylic acids is 4. The molecular weight excluding hydrogens is 1010 g/mol. The van der Waals surface area contributed by atoms with E-state index in [1.807, 2.05) is 6.07 Å². The van der Waals surface area contributed by atoms with Crippen LogP contribution in [0.2, 0.25) is 0 Å². The highest BCUT2D eigenvalue weighted by Crippen LogP contribution is 2.13. The summed E-state index contributed by atoms with van der Waals surface area (Å²) in [5, 5.41) is 50.0. The van der Waals surface area contributed by atoms with Crippen LogP contribution < -0.4 is 26.6 Å². The number of halogens is 1. The molecule has 67 heavy (non-hydrogen) atoms. The Morgan fingerprint density at radius 2 is 1.09 bits per heavy atom. The molecule has 0 bridgehead atoms. The minimum absolute atomic E-state index is 0.0440. The molecule has 1 aliphatic rings. The van der Waals surface area contributed by atoms with Gasteiger partial charge in [0.15, 0.2) is 0 Å². The molecule has 1 saturated heterocycles. The Bertz CT molecular complexity index is 1930. The number of unbranched alkanes of at least 4 members (excludes halogenated alkanes) is 2. The molecule has 0 aliphatic carbocycles. The number of nitrogens with one attached hydrogen (secondary N) is 5. The monoisotopic (exact) mass is 1060 g/mol. The fourth-order valence-electron chi connectivity index (χ4n) is 5.98. The van der Waals surface area contributed by atoms with Crippen LogP contribution in [0.5, 0.6) is 0 Å². The normalized spacial score (nSPS) is 13.9. The maximum Gasteiger partial charge on any atom is 0.335 e. The van der Waals surface area contributed by atoms with Gasteiger partial charge in [0.1, 0.15) is 24.2 Å². The van der Waals surface area contributed by atoms with Crippen molar-refractivity contribution in [2.24, 2.45) is 0 Å². The third kappa shape index (κ3) is 23.6. The maximum atomic E-state index is 13.6. The van der Waals surface area contributed by atoms with E-state index in [9.17, 15) is 78.0 Å². The van der Waals surface area contributed by atoms with E-state index in [0.717, 1.165) is 3.57 Å². The van der Waals surface area contributed by atoms with Crippen molar-refractivity contribution in [3.8, 4) is 0 Å². The number of aliphatic carboxylic acids is 4. The largest absolute Gasteiger partial charge is 0.481 e. The summed E-state index contributed by atoms with van der Waals surface area (Å²) in [6, 6.07) is 0.462. The summed E-state index contributed by atoms with van der Waals surface area (Å²) in [4.78, 5) is 151. The first kappa shape index (κ1) is 56.8. The first-order valence-electron chi connectivity index (χ1n) is 21.1. The van der Waals surface area contributed by atoms with Crippen LogP contribution in [-0.4, -0.2) is 154 Å². The van der Waals surface area contributed by atoms with Gasteiger partial charge in [-0.1, -0.05) is 18.9 Å². The topological polar surface area (TPSA) is 377 Å². The summed E-state index contributed by atoms with van der Waals surface area (Å²) in [6.45, 7) is -0.178. The smallest absolute Gasteiger partial charge is 0.335 e. The number of imide groups is 1. The number of amides is 7. The summed E-state index contributed by atoms with van der Waals surface area (Å²) in [7, 11) is 0. The Kier molecular flexibility index (Phi) is 26.2. The van der Waals surface area contributed by atoms with E-state index in [0.29, 0.717) is 30.0 Å². The van der Waals surface area contributed by atoms with Gasteiger partial charge in [-0.2, -0.15) is 0 Å². The van der Waals surface area contributed by atoms with Crippen LogP contribution >= 0.6 is 22.6 Å². The number of hydrogen-bond donors (Lipinski definition) is 9. The number of carbonyl (C=O) groups is 12. The quantitative estimate of drug-likeness (QED) is 0.0241. The molecule has 1 aliphatic heterocycles. The van der Waals surface area contributed by atoms with Crippen molar-refractivity contribution < 1.29 is 92.3 Å². The summed E-state index contributed by atoms with van der Waals surface area (Å²) in [5.74, 6) is -12.2. The molecule has 1 heterocycles. The van der Waals surface area contributed by atoms with Crippen LogP contribution in [0.25, 0.3) is 0 Å². The van der Waals surface area contributed by atoms with Gasteiger partial charge in [-0.05, 0) is 72.9 Å². The van der Waals surface area contributed by atoms with Gasteiger partial charge in [-0.25, -0.2) is 9.59 Å². The molecule has 0 spiro atoms. The highest BCUT2D eigenvalue weighted by atomic mass is 127. The minimum atomic E-state index is -1.73. The van der Waals surface area contributed by atoms with Crippen LogP contribution in [0.3, 0.4) is 0 Å². The highest BCUT2D eigenvalue weighted by Gasteiger charge is 2.34. The number of hydrogen-bond acceptors (Lipinski definition) is 15. The van der Waals surface area contributed by atoms with Gasteiger partial charge in [0, 0.05) is 54.2 Å². The summed E-state index contributed by atoms with van der Waals surface area (Å²) < 4.78 is 11.4. The molecule has 0 radical (unpaired) electrons. The predicted octanol–water partition coefficient (Wildman–Crippen LogP) is -0.380. The van der Waals surface area contributed by atoms with Gasteiger partial charge >= 0.3 is 29.8 Å². The van der Waals surface area contributed by atoms with E-state index in [4.69, 9.17) is 14.3 Å². The molecule has 1 aromatic carbocycles. The van der Waals surface area contributed by atoms with Crippen LogP contribution in [0.4, 0.5) is 0 Å². The Hall–Kier alpha value is -6.29. The van der Waals surface area contributed by atoms with Gasteiger partial charge in [-0.3, -0.25) is 47.9 Å². The van der Waals surface area contributed by atoms with Crippen molar-refractivity contribution in [1.82, 2.24) is 31.6 Å². The molecular formula is C41H55IN6O19. The second kappa shape index (κ2) is 30.8. The van der Waals surface area contributed by atoms with Crippen LogP contribution in [0.15, 0.2) is 24.3 Å². The van der Waals surface area contributed by atoms with Crippen molar-refractivity contribution >= 4 is 93.8 Å². The molecule has 25 nitrogen and oxygen atoms in total. The lowest BCUT2D eigenvalue weighted by Crippen LogP contribution is -2.58. The van der Waals surface area contributed by atoms with Crippen molar-refractivity contribution in [2.75, 3.05) is 33.0 Å². The molecule has 7 amide bonds.